The number of carbonyl (C=O) groups is 1. The van der Waals surface area contributed by atoms with Gasteiger partial charge < -0.3 is 20.7 Å². The SMILES string of the molecule is Cc1c(CN(C)CC(O)c2cccc(N)c2)sc2c(=O)c(CC(=O)NCc3ccc(F)cc3)cn(C)c12. The number of aromatic nitrogens is 1. The van der Waals surface area contributed by atoms with Crippen LogP contribution in [0.4, 0.5) is 10.1 Å². The van der Waals surface area contributed by atoms with Crippen molar-refractivity contribution in [2.45, 2.75) is 32.5 Å². The molecule has 194 valence electrons. The third-order valence-electron chi connectivity index (χ3n) is 6.36. The molecule has 7 nitrogen and oxygen atoms in total. The molecule has 37 heavy (non-hydrogen) atoms. The molecule has 0 saturated heterocycles. The lowest BCUT2D eigenvalue weighted by Gasteiger charge is -2.20. The van der Waals surface area contributed by atoms with Crippen molar-refractivity contribution in [3.05, 3.63) is 97.9 Å². The number of likely N-dealkylation sites (N-methyl/N-ethyl adjacent to an activating group) is 1. The molecule has 1 amide bonds. The average molecular weight is 523 g/mol. The summed E-state index contributed by atoms with van der Waals surface area (Å²) in [5.74, 6) is -0.606. The van der Waals surface area contributed by atoms with Crippen LogP contribution in [0.1, 0.15) is 33.2 Å². The fourth-order valence-electron chi connectivity index (χ4n) is 4.42. The summed E-state index contributed by atoms with van der Waals surface area (Å²) < 4.78 is 15.6. The summed E-state index contributed by atoms with van der Waals surface area (Å²) in [7, 11) is 3.80. The quantitative estimate of drug-likeness (QED) is 0.292. The molecule has 1 unspecified atom stereocenters. The molecule has 2 aromatic carbocycles. The Morgan fingerprint density at radius 2 is 1.97 bits per heavy atom. The van der Waals surface area contributed by atoms with Crippen LogP contribution >= 0.6 is 11.3 Å². The number of thiophene rings is 1. The van der Waals surface area contributed by atoms with E-state index in [1.165, 1.54) is 23.5 Å². The van der Waals surface area contributed by atoms with Gasteiger partial charge in [0.25, 0.3) is 0 Å². The van der Waals surface area contributed by atoms with Gasteiger partial charge in [-0.2, -0.15) is 0 Å². The topological polar surface area (TPSA) is 101 Å². The van der Waals surface area contributed by atoms with Crippen LogP contribution in [0.3, 0.4) is 0 Å². The third kappa shape index (κ3) is 6.25. The van der Waals surface area contributed by atoms with Gasteiger partial charge >= 0.3 is 0 Å². The van der Waals surface area contributed by atoms with Crippen molar-refractivity contribution in [3.8, 4) is 0 Å². The number of pyridine rings is 1. The zero-order valence-electron chi connectivity index (χ0n) is 21.1. The van der Waals surface area contributed by atoms with E-state index in [-0.39, 0.29) is 30.1 Å². The Morgan fingerprint density at radius 1 is 1.24 bits per heavy atom. The molecule has 0 fully saturated rings. The first kappa shape index (κ1) is 26.5. The molecule has 4 rings (SSSR count). The molecule has 0 spiro atoms. The molecule has 0 aliphatic heterocycles. The maximum atomic E-state index is 13.3. The fraction of sp³-hybridized carbons (Fsp3) is 0.286. The predicted octanol–water partition coefficient (Wildman–Crippen LogP) is 3.65. The molecule has 0 radical (unpaired) electrons. The minimum Gasteiger partial charge on any atom is -0.399 e. The van der Waals surface area contributed by atoms with Gasteiger partial charge in [-0.1, -0.05) is 24.3 Å². The van der Waals surface area contributed by atoms with Gasteiger partial charge in [0.1, 0.15) is 5.82 Å². The first-order chi connectivity index (χ1) is 17.6. The Labute approximate surface area is 219 Å². The summed E-state index contributed by atoms with van der Waals surface area (Å²) in [5, 5.41) is 13.4. The van der Waals surface area contributed by atoms with Gasteiger partial charge in [-0.05, 0) is 54.9 Å². The number of halogens is 1. The summed E-state index contributed by atoms with van der Waals surface area (Å²) in [4.78, 5) is 28.9. The van der Waals surface area contributed by atoms with Crippen LogP contribution in [0.25, 0.3) is 10.2 Å². The lowest BCUT2D eigenvalue weighted by molar-refractivity contribution is -0.120. The zero-order valence-corrected chi connectivity index (χ0v) is 21.9. The van der Waals surface area contributed by atoms with E-state index in [9.17, 15) is 19.1 Å². The number of aliphatic hydroxyl groups excluding tert-OH is 1. The van der Waals surface area contributed by atoms with Crippen molar-refractivity contribution in [1.29, 1.82) is 0 Å². The molecular weight excluding hydrogens is 491 g/mol. The lowest BCUT2D eigenvalue weighted by Crippen LogP contribution is -2.27. The number of benzene rings is 2. The van der Waals surface area contributed by atoms with Crippen LogP contribution in [0.15, 0.2) is 59.5 Å². The van der Waals surface area contributed by atoms with Crippen LogP contribution in [-0.2, 0) is 31.4 Å². The van der Waals surface area contributed by atoms with Crippen molar-refractivity contribution in [1.82, 2.24) is 14.8 Å². The van der Waals surface area contributed by atoms with Crippen molar-refractivity contribution >= 4 is 33.1 Å². The van der Waals surface area contributed by atoms with E-state index in [4.69, 9.17) is 5.73 Å². The highest BCUT2D eigenvalue weighted by molar-refractivity contribution is 7.19. The van der Waals surface area contributed by atoms with Gasteiger partial charge in [0, 0.05) is 49.0 Å². The highest BCUT2D eigenvalue weighted by Crippen LogP contribution is 2.30. The first-order valence-corrected chi connectivity index (χ1v) is 12.8. The number of rotatable bonds is 9. The molecule has 2 aromatic heterocycles. The van der Waals surface area contributed by atoms with E-state index in [1.807, 2.05) is 42.6 Å². The second-order valence-electron chi connectivity index (χ2n) is 9.38. The fourth-order valence-corrected chi connectivity index (χ4v) is 5.82. The number of hydrogen-bond donors (Lipinski definition) is 3. The van der Waals surface area contributed by atoms with Gasteiger partial charge in [0.15, 0.2) is 0 Å². The normalized spacial score (nSPS) is 12.3. The number of anilines is 1. The summed E-state index contributed by atoms with van der Waals surface area (Å²) >= 11 is 1.43. The first-order valence-electron chi connectivity index (χ1n) is 12.0. The number of carbonyl (C=O) groups excluding carboxylic acids is 1. The van der Waals surface area contributed by atoms with Gasteiger partial charge in [-0.15, -0.1) is 11.3 Å². The third-order valence-corrected chi connectivity index (χ3v) is 7.63. The van der Waals surface area contributed by atoms with Gasteiger partial charge in [0.2, 0.25) is 11.3 Å². The minimum atomic E-state index is -0.686. The Morgan fingerprint density at radius 3 is 2.68 bits per heavy atom. The number of amides is 1. The number of nitrogens with zero attached hydrogens (tertiary/aromatic N) is 2. The number of nitrogens with two attached hydrogens (primary N) is 1. The molecule has 1 atom stereocenters. The van der Waals surface area contributed by atoms with Gasteiger partial charge in [-0.3, -0.25) is 14.5 Å². The smallest absolute Gasteiger partial charge is 0.224 e. The molecule has 2 heterocycles. The Balaban J connectivity index is 1.47. The Kier molecular flexibility index (Phi) is 8.06. The van der Waals surface area contributed by atoms with Crippen LogP contribution in [0.2, 0.25) is 0 Å². The molecular formula is C28H31FN4O3S. The Hall–Kier alpha value is -3.53. The number of fused-ring (bicyclic) bond motifs is 1. The highest BCUT2D eigenvalue weighted by Gasteiger charge is 2.19. The van der Waals surface area contributed by atoms with Crippen LogP contribution < -0.4 is 16.5 Å². The molecule has 0 saturated carbocycles. The predicted molar refractivity (Wildman–Crippen MR) is 146 cm³/mol. The Bertz CT molecular complexity index is 1480. The average Bonchev–Trinajstić information content (AvgIpc) is 3.18. The zero-order chi connectivity index (χ0) is 26.7. The largest absolute Gasteiger partial charge is 0.399 e. The number of aryl methyl sites for hydroxylation is 2. The van der Waals surface area contributed by atoms with Crippen LogP contribution in [-0.4, -0.2) is 34.1 Å². The monoisotopic (exact) mass is 522 g/mol. The lowest BCUT2D eigenvalue weighted by atomic mass is 10.1. The molecule has 0 bridgehead atoms. The second kappa shape index (κ2) is 11.2. The number of nitrogens with one attached hydrogen (secondary N) is 1. The molecule has 9 heteroatoms. The number of hydrogen-bond acceptors (Lipinski definition) is 6. The maximum absolute atomic E-state index is 13.3. The summed E-state index contributed by atoms with van der Waals surface area (Å²) in [6, 6.07) is 13.1. The van der Waals surface area contributed by atoms with E-state index >= 15 is 0 Å². The molecule has 0 aliphatic rings. The second-order valence-corrected chi connectivity index (χ2v) is 10.5. The van der Waals surface area contributed by atoms with E-state index in [1.54, 1.807) is 30.5 Å². The van der Waals surface area contributed by atoms with Crippen molar-refractivity contribution in [2.24, 2.45) is 7.05 Å². The van der Waals surface area contributed by atoms with Crippen molar-refractivity contribution in [2.75, 3.05) is 19.3 Å². The highest BCUT2D eigenvalue weighted by atomic mass is 32.1. The van der Waals surface area contributed by atoms with Gasteiger partial charge in [-0.25, -0.2) is 4.39 Å². The summed E-state index contributed by atoms with van der Waals surface area (Å²) in [6.07, 6.45) is 0.996. The van der Waals surface area contributed by atoms with Crippen LogP contribution in [0, 0.1) is 12.7 Å². The summed E-state index contributed by atoms with van der Waals surface area (Å²) in [6.45, 7) is 3.23. The molecule has 4 aromatic rings. The van der Waals surface area contributed by atoms with Crippen molar-refractivity contribution in [3.63, 3.8) is 0 Å². The molecule has 4 N–H and O–H groups in total. The van der Waals surface area contributed by atoms with E-state index < -0.39 is 6.10 Å². The van der Waals surface area contributed by atoms with E-state index in [0.717, 1.165) is 27.1 Å². The number of nitrogen functional groups attached to an aromatic ring is 1. The standard InChI is InChI=1S/C28H31FN4O3S/c1-17-24(16-32(2)15-23(34)19-5-4-6-22(30)11-19)37-28-26(17)33(3)14-20(27(28)36)12-25(35)31-13-18-7-9-21(29)10-8-18/h4-11,14,23,34H,12-13,15-16,30H2,1-3H3,(H,31,35). The van der Waals surface area contributed by atoms with E-state index in [0.29, 0.717) is 29.0 Å². The van der Waals surface area contributed by atoms with Gasteiger partial charge in [0.05, 0.1) is 22.7 Å². The minimum absolute atomic E-state index is 0.0393. The summed E-state index contributed by atoms with van der Waals surface area (Å²) in [5.41, 5.74) is 10.1. The molecule has 0 aliphatic carbocycles. The van der Waals surface area contributed by atoms with Crippen LogP contribution in [0.5, 0.6) is 0 Å². The van der Waals surface area contributed by atoms with Crippen molar-refractivity contribution < 1.29 is 14.3 Å². The number of aliphatic hydroxyl groups is 1. The maximum Gasteiger partial charge on any atom is 0.224 e. The van der Waals surface area contributed by atoms with E-state index in [2.05, 4.69) is 5.32 Å².